The van der Waals surface area contributed by atoms with E-state index in [0.717, 1.165) is 55.5 Å². The summed E-state index contributed by atoms with van der Waals surface area (Å²) in [6.45, 7) is 8.23. The van der Waals surface area contributed by atoms with Crippen molar-refractivity contribution in [1.29, 1.82) is 0 Å². The Morgan fingerprint density at radius 3 is 2.79 bits per heavy atom. The Balaban J connectivity index is 1.18. The maximum absolute atomic E-state index is 11.5. The van der Waals surface area contributed by atoms with E-state index in [4.69, 9.17) is 4.74 Å². The summed E-state index contributed by atoms with van der Waals surface area (Å²) in [6, 6.07) is 14.7. The molecule has 28 heavy (non-hydrogen) atoms. The van der Waals surface area contributed by atoms with Crippen molar-refractivity contribution in [2.75, 3.05) is 55.3 Å². The lowest BCUT2D eigenvalue weighted by Crippen LogP contribution is -2.46. The van der Waals surface area contributed by atoms with Gasteiger partial charge < -0.3 is 15.0 Å². The monoisotopic (exact) mass is 397 g/mol. The number of anilines is 2. The second-order valence-corrected chi connectivity index (χ2v) is 8.38. The minimum Gasteiger partial charge on any atom is -0.493 e. The van der Waals surface area contributed by atoms with Crippen molar-refractivity contribution in [2.45, 2.75) is 18.2 Å². The van der Waals surface area contributed by atoms with Crippen LogP contribution in [0.5, 0.6) is 5.75 Å². The predicted octanol–water partition coefficient (Wildman–Crippen LogP) is 3.63. The highest BCUT2D eigenvalue weighted by molar-refractivity contribution is 8.00. The van der Waals surface area contributed by atoms with Crippen LogP contribution in [0, 0.1) is 6.92 Å². The maximum Gasteiger partial charge on any atom is 0.234 e. The lowest BCUT2D eigenvalue weighted by molar-refractivity contribution is -0.113. The molecule has 2 aliphatic rings. The number of thioether (sulfide) groups is 1. The highest BCUT2D eigenvalue weighted by atomic mass is 32.2. The number of hydrogen-bond acceptors (Lipinski definition) is 5. The summed E-state index contributed by atoms with van der Waals surface area (Å²) in [5.41, 5.74) is 3.52. The van der Waals surface area contributed by atoms with Gasteiger partial charge in [0.15, 0.2) is 0 Å². The Bertz CT molecular complexity index is 834. The van der Waals surface area contributed by atoms with Gasteiger partial charge in [0.25, 0.3) is 0 Å². The average Bonchev–Trinajstić information content (AvgIpc) is 2.71. The first kappa shape index (κ1) is 19.2. The molecule has 0 aromatic heterocycles. The number of nitrogens with zero attached hydrogens (tertiary/aromatic N) is 2. The molecule has 1 amide bonds. The molecule has 2 aromatic rings. The first-order valence-electron chi connectivity index (χ1n) is 9.91. The van der Waals surface area contributed by atoms with Crippen molar-refractivity contribution in [3.05, 3.63) is 48.0 Å². The van der Waals surface area contributed by atoms with Crippen LogP contribution in [0.4, 0.5) is 11.4 Å². The number of carbonyl (C=O) groups excluding carboxylic acids is 1. The normalized spacial score (nSPS) is 17.2. The highest BCUT2D eigenvalue weighted by Crippen LogP contribution is 2.34. The summed E-state index contributed by atoms with van der Waals surface area (Å²) in [6.07, 6.45) is 1.00. The van der Waals surface area contributed by atoms with E-state index in [1.807, 2.05) is 18.2 Å². The number of hydrogen-bond donors (Lipinski definition) is 1. The summed E-state index contributed by atoms with van der Waals surface area (Å²) >= 11 is 1.57. The number of rotatable bonds is 6. The number of ether oxygens (including phenoxy) is 1. The van der Waals surface area contributed by atoms with E-state index in [2.05, 4.69) is 46.3 Å². The third-order valence-corrected chi connectivity index (χ3v) is 6.28. The predicted molar refractivity (Wildman–Crippen MR) is 116 cm³/mol. The number of aryl methyl sites for hydroxylation is 1. The van der Waals surface area contributed by atoms with Crippen molar-refractivity contribution in [3.63, 3.8) is 0 Å². The van der Waals surface area contributed by atoms with Crippen molar-refractivity contribution in [3.8, 4) is 5.75 Å². The number of fused-ring (bicyclic) bond motifs is 1. The van der Waals surface area contributed by atoms with Gasteiger partial charge in [-0.2, -0.15) is 0 Å². The molecule has 0 spiro atoms. The van der Waals surface area contributed by atoms with E-state index in [1.165, 1.54) is 11.3 Å². The first-order chi connectivity index (χ1) is 13.7. The van der Waals surface area contributed by atoms with Gasteiger partial charge in [0.2, 0.25) is 5.91 Å². The van der Waals surface area contributed by atoms with Crippen molar-refractivity contribution in [2.24, 2.45) is 0 Å². The Kier molecular flexibility index (Phi) is 6.07. The molecule has 0 atom stereocenters. The van der Waals surface area contributed by atoms with Crippen LogP contribution in [0.15, 0.2) is 47.4 Å². The Morgan fingerprint density at radius 1 is 1.11 bits per heavy atom. The van der Waals surface area contributed by atoms with E-state index < -0.39 is 0 Å². The molecule has 148 valence electrons. The molecule has 0 saturated carbocycles. The van der Waals surface area contributed by atoms with Crippen molar-refractivity contribution >= 4 is 29.0 Å². The maximum atomic E-state index is 11.5. The minimum atomic E-state index is 0.0551. The Morgan fingerprint density at radius 2 is 1.96 bits per heavy atom. The lowest BCUT2D eigenvalue weighted by atomic mass is 10.2. The van der Waals surface area contributed by atoms with Crippen LogP contribution in [0.25, 0.3) is 0 Å². The largest absolute Gasteiger partial charge is 0.493 e. The number of benzene rings is 2. The Hall–Kier alpha value is -2.18. The molecule has 2 aliphatic heterocycles. The average molecular weight is 398 g/mol. The van der Waals surface area contributed by atoms with Gasteiger partial charge in [-0.1, -0.05) is 12.1 Å². The van der Waals surface area contributed by atoms with Gasteiger partial charge in [0, 0.05) is 49.4 Å². The van der Waals surface area contributed by atoms with E-state index in [9.17, 15) is 4.79 Å². The van der Waals surface area contributed by atoms with Crippen molar-refractivity contribution < 1.29 is 9.53 Å². The summed E-state index contributed by atoms with van der Waals surface area (Å²) < 4.78 is 5.90. The quantitative estimate of drug-likeness (QED) is 0.754. The second-order valence-electron chi connectivity index (χ2n) is 7.36. The molecule has 4 rings (SSSR count). The minimum absolute atomic E-state index is 0.0551. The van der Waals surface area contributed by atoms with Crippen LogP contribution < -0.4 is 15.0 Å². The molecule has 6 heteroatoms. The van der Waals surface area contributed by atoms with E-state index in [-0.39, 0.29) is 5.91 Å². The zero-order valence-corrected chi connectivity index (χ0v) is 17.1. The summed E-state index contributed by atoms with van der Waals surface area (Å²) in [4.78, 5) is 17.6. The van der Waals surface area contributed by atoms with Crippen LogP contribution in [0.1, 0.15) is 12.0 Å². The molecule has 0 unspecified atom stereocenters. The van der Waals surface area contributed by atoms with Gasteiger partial charge in [-0.15, -0.1) is 11.8 Å². The smallest absolute Gasteiger partial charge is 0.234 e. The fourth-order valence-electron chi connectivity index (χ4n) is 3.68. The topological polar surface area (TPSA) is 44.8 Å². The summed E-state index contributed by atoms with van der Waals surface area (Å²) in [7, 11) is 0. The number of nitrogens with one attached hydrogen (secondary N) is 1. The SMILES string of the molecule is Cc1cccc(N2CCN(CCCOc3ccc4c(c3)NC(=O)CS4)CC2)c1. The van der Waals surface area contributed by atoms with Gasteiger partial charge in [0.1, 0.15) is 5.75 Å². The molecular weight excluding hydrogens is 370 g/mol. The lowest BCUT2D eigenvalue weighted by Gasteiger charge is -2.36. The van der Waals surface area contributed by atoms with E-state index >= 15 is 0 Å². The zero-order valence-electron chi connectivity index (χ0n) is 16.3. The molecule has 1 fully saturated rings. The molecule has 5 nitrogen and oxygen atoms in total. The molecule has 1 saturated heterocycles. The Labute approximate surface area is 171 Å². The van der Waals surface area contributed by atoms with Gasteiger partial charge in [-0.05, 0) is 43.2 Å². The number of carbonyl (C=O) groups is 1. The molecular formula is C22H27N3O2S. The van der Waals surface area contributed by atoms with Crippen LogP contribution >= 0.6 is 11.8 Å². The molecule has 2 aromatic carbocycles. The zero-order chi connectivity index (χ0) is 19.3. The fraction of sp³-hybridized carbons (Fsp3) is 0.409. The van der Waals surface area contributed by atoms with Crippen LogP contribution in [-0.2, 0) is 4.79 Å². The number of piperazine rings is 1. The van der Waals surface area contributed by atoms with E-state index in [1.54, 1.807) is 11.8 Å². The standard InChI is InChI=1S/C22H27N3O2S/c1-17-4-2-5-18(14-17)25-11-9-24(10-12-25)8-3-13-27-19-6-7-21-20(15-19)23-22(26)16-28-21/h2,4-7,14-15H,3,8-13,16H2,1H3,(H,23,26). The third-order valence-electron chi connectivity index (χ3n) is 5.21. The molecule has 2 heterocycles. The molecule has 0 bridgehead atoms. The number of amides is 1. The fourth-order valence-corrected chi connectivity index (χ4v) is 4.47. The van der Waals surface area contributed by atoms with Crippen LogP contribution in [-0.4, -0.2) is 55.9 Å². The van der Waals surface area contributed by atoms with E-state index in [0.29, 0.717) is 12.4 Å². The summed E-state index contributed by atoms with van der Waals surface area (Å²) in [5.74, 6) is 1.37. The van der Waals surface area contributed by atoms with Gasteiger partial charge in [-0.25, -0.2) is 0 Å². The van der Waals surface area contributed by atoms with Gasteiger partial charge in [0.05, 0.1) is 18.0 Å². The molecule has 1 N–H and O–H groups in total. The third kappa shape index (κ3) is 4.80. The molecule has 0 aliphatic carbocycles. The van der Waals surface area contributed by atoms with Gasteiger partial charge in [-0.3, -0.25) is 9.69 Å². The van der Waals surface area contributed by atoms with Crippen LogP contribution in [0.3, 0.4) is 0 Å². The molecule has 0 radical (unpaired) electrons. The second kappa shape index (κ2) is 8.88. The van der Waals surface area contributed by atoms with Crippen LogP contribution in [0.2, 0.25) is 0 Å². The highest BCUT2D eigenvalue weighted by Gasteiger charge is 2.17. The van der Waals surface area contributed by atoms with Gasteiger partial charge >= 0.3 is 0 Å². The first-order valence-corrected chi connectivity index (χ1v) is 10.9. The van der Waals surface area contributed by atoms with Crippen molar-refractivity contribution in [1.82, 2.24) is 4.90 Å². The summed E-state index contributed by atoms with van der Waals surface area (Å²) in [5, 5.41) is 2.91.